The summed E-state index contributed by atoms with van der Waals surface area (Å²) < 4.78 is 12.3. The van der Waals surface area contributed by atoms with E-state index in [9.17, 15) is 14.9 Å². The lowest BCUT2D eigenvalue weighted by Gasteiger charge is -2.11. The van der Waals surface area contributed by atoms with E-state index in [-0.39, 0.29) is 35.5 Å². The first-order valence-corrected chi connectivity index (χ1v) is 8.53. The summed E-state index contributed by atoms with van der Waals surface area (Å²) in [7, 11) is 0. The molecule has 0 aromatic carbocycles. The topological polar surface area (TPSA) is 120 Å². The minimum atomic E-state index is -0.518. The van der Waals surface area contributed by atoms with Crippen LogP contribution in [-0.2, 0) is 17.9 Å². The molecule has 11 heteroatoms. The molecule has 1 aliphatic rings. The lowest BCUT2D eigenvalue weighted by Crippen LogP contribution is -2.29. The fourth-order valence-corrected chi connectivity index (χ4v) is 2.92. The molecule has 28 heavy (non-hydrogen) atoms. The highest BCUT2D eigenvalue weighted by molar-refractivity contribution is 7.80. The van der Waals surface area contributed by atoms with Crippen molar-refractivity contribution in [2.45, 2.75) is 13.1 Å². The van der Waals surface area contributed by atoms with Crippen molar-refractivity contribution in [3.8, 4) is 0 Å². The van der Waals surface area contributed by atoms with Crippen LogP contribution in [-0.4, -0.2) is 30.6 Å². The molecule has 0 unspecified atom stereocenters. The number of aromatic nitrogens is 2. The molecule has 3 aromatic heterocycles. The Labute approximate surface area is 163 Å². The third-order valence-electron chi connectivity index (χ3n) is 3.97. The van der Waals surface area contributed by atoms with Crippen LogP contribution >= 0.6 is 12.2 Å². The van der Waals surface area contributed by atoms with Crippen LogP contribution in [0.1, 0.15) is 17.3 Å². The standard InChI is InChI=1S/C17H13N5O5S/c23-16-15(19-17(28)21(16)10-13-2-1-5-26-13)6-12-3-4-14(27-12)9-20-8-11(7-18-20)22(24)25/h1-8H,9-10H2,(H,19,28)/b15-6+. The molecular formula is C17H13N5O5S. The van der Waals surface area contributed by atoms with Gasteiger partial charge in [0, 0.05) is 6.08 Å². The Kier molecular flexibility index (Phi) is 4.49. The lowest BCUT2D eigenvalue weighted by atomic mass is 10.3. The van der Waals surface area contributed by atoms with E-state index in [0.717, 1.165) is 0 Å². The van der Waals surface area contributed by atoms with Gasteiger partial charge in [0.15, 0.2) is 5.11 Å². The van der Waals surface area contributed by atoms with E-state index in [1.165, 1.54) is 28.2 Å². The zero-order valence-corrected chi connectivity index (χ0v) is 15.1. The van der Waals surface area contributed by atoms with Crippen LogP contribution in [0.15, 0.2) is 57.5 Å². The van der Waals surface area contributed by atoms with Crippen LogP contribution in [0.25, 0.3) is 6.08 Å². The molecule has 0 spiro atoms. The van der Waals surface area contributed by atoms with Gasteiger partial charge in [0.1, 0.15) is 35.4 Å². The summed E-state index contributed by atoms with van der Waals surface area (Å²) in [6.45, 7) is 0.456. The van der Waals surface area contributed by atoms with Gasteiger partial charge < -0.3 is 14.2 Å². The predicted molar refractivity (Wildman–Crippen MR) is 99.7 cm³/mol. The average Bonchev–Trinajstić information content (AvgIpc) is 3.43. The molecule has 0 radical (unpaired) electrons. The van der Waals surface area contributed by atoms with Gasteiger partial charge in [-0.1, -0.05) is 0 Å². The monoisotopic (exact) mass is 399 g/mol. The number of furan rings is 2. The van der Waals surface area contributed by atoms with Crippen molar-refractivity contribution in [3.05, 3.63) is 76.0 Å². The smallest absolute Gasteiger partial charge is 0.307 e. The first-order valence-electron chi connectivity index (χ1n) is 8.12. The summed E-state index contributed by atoms with van der Waals surface area (Å²) in [5.74, 6) is 1.30. The third-order valence-corrected chi connectivity index (χ3v) is 4.30. The molecular weight excluding hydrogens is 386 g/mol. The molecule has 0 saturated carbocycles. The molecule has 10 nitrogen and oxygen atoms in total. The number of nitrogens with one attached hydrogen (secondary N) is 1. The van der Waals surface area contributed by atoms with Gasteiger partial charge in [0.05, 0.1) is 24.3 Å². The van der Waals surface area contributed by atoms with Gasteiger partial charge in [-0.25, -0.2) is 0 Å². The highest BCUT2D eigenvalue weighted by Gasteiger charge is 2.31. The van der Waals surface area contributed by atoms with Crippen molar-refractivity contribution >= 4 is 35.0 Å². The Balaban J connectivity index is 1.46. The molecule has 4 rings (SSSR count). The van der Waals surface area contributed by atoms with Crippen molar-refractivity contribution in [2.24, 2.45) is 0 Å². The van der Waals surface area contributed by atoms with Crippen LogP contribution in [0.2, 0.25) is 0 Å². The lowest BCUT2D eigenvalue weighted by molar-refractivity contribution is -0.385. The normalized spacial score (nSPS) is 15.4. The summed E-state index contributed by atoms with van der Waals surface area (Å²) in [6.07, 6.45) is 5.56. The number of carbonyl (C=O) groups is 1. The number of thiocarbonyl (C=S) groups is 1. The van der Waals surface area contributed by atoms with Gasteiger partial charge in [0.25, 0.3) is 5.91 Å². The molecule has 1 amide bonds. The van der Waals surface area contributed by atoms with Crippen molar-refractivity contribution in [2.75, 3.05) is 0 Å². The van der Waals surface area contributed by atoms with E-state index in [1.807, 2.05) is 0 Å². The largest absolute Gasteiger partial charge is 0.467 e. The molecule has 0 aliphatic carbocycles. The average molecular weight is 399 g/mol. The van der Waals surface area contributed by atoms with Crippen LogP contribution < -0.4 is 5.32 Å². The van der Waals surface area contributed by atoms with E-state index >= 15 is 0 Å². The Hall–Kier alpha value is -3.73. The fourth-order valence-electron chi connectivity index (χ4n) is 2.67. The van der Waals surface area contributed by atoms with Crippen LogP contribution in [0.3, 0.4) is 0 Å². The van der Waals surface area contributed by atoms with Gasteiger partial charge in [-0.2, -0.15) is 5.10 Å². The highest BCUT2D eigenvalue weighted by atomic mass is 32.1. The fraction of sp³-hybridized carbons (Fsp3) is 0.118. The van der Waals surface area contributed by atoms with Gasteiger partial charge in [-0.3, -0.25) is 24.5 Å². The number of rotatable bonds is 6. The summed E-state index contributed by atoms with van der Waals surface area (Å²) in [6, 6.07) is 6.89. The number of nitrogens with zero attached hydrogens (tertiary/aromatic N) is 4. The van der Waals surface area contributed by atoms with E-state index in [0.29, 0.717) is 17.3 Å². The van der Waals surface area contributed by atoms with Crippen LogP contribution in [0.4, 0.5) is 5.69 Å². The zero-order chi connectivity index (χ0) is 19.7. The van der Waals surface area contributed by atoms with Crippen LogP contribution in [0.5, 0.6) is 0 Å². The van der Waals surface area contributed by atoms with Crippen molar-refractivity contribution in [3.63, 3.8) is 0 Å². The molecule has 4 heterocycles. The molecule has 1 N–H and O–H groups in total. The minimum Gasteiger partial charge on any atom is -0.467 e. The summed E-state index contributed by atoms with van der Waals surface area (Å²) in [4.78, 5) is 24.1. The predicted octanol–water partition coefficient (Wildman–Crippen LogP) is 2.28. The SMILES string of the molecule is O=C1/C(=C\c2ccc(Cn3cc([N+](=O)[O-])cn3)o2)NC(=S)N1Cc1ccco1. The Morgan fingerprint density at radius 1 is 1.29 bits per heavy atom. The van der Waals surface area contributed by atoms with Gasteiger partial charge in [0.2, 0.25) is 0 Å². The molecule has 142 valence electrons. The van der Waals surface area contributed by atoms with Gasteiger partial charge in [-0.05, 0) is 36.5 Å². The van der Waals surface area contributed by atoms with Gasteiger partial charge in [-0.15, -0.1) is 0 Å². The molecule has 0 bridgehead atoms. The maximum atomic E-state index is 12.6. The Morgan fingerprint density at radius 2 is 2.14 bits per heavy atom. The van der Waals surface area contributed by atoms with Crippen molar-refractivity contribution < 1.29 is 18.6 Å². The van der Waals surface area contributed by atoms with E-state index < -0.39 is 4.92 Å². The minimum absolute atomic E-state index is 0.0974. The number of carbonyl (C=O) groups excluding carboxylic acids is 1. The maximum absolute atomic E-state index is 12.6. The first-order chi connectivity index (χ1) is 13.5. The van der Waals surface area contributed by atoms with E-state index in [4.69, 9.17) is 21.1 Å². The van der Waals surface area contributed by atoms with Crippen LogP contribution in [0, 0.1) is 10.1 Å². The molecule has 1 saturated heterocycles. The first kappa shape index (κ1) is 17.7. The number of hydrogen-bond acceptors (Lipinski definition) is 7. The molecule has 1 aliphatic heterocycles. The van der Waals surface area contributed by atoms with E-state index in [1.54, 1.807) is 30.3 Å². The summed E-state index contributed by atoms with van der Waals surface area (Å²) in [5, 5.41) is 17.8. The van der Waals surface area contributed by atoms with Crippen molar-refractivity contribution in [1.82, 2.24) is 20.0 Å². The second kappa shape index (κ2) is 7.12. The zero-order valence-electron chi connectivity index (χ0n) is 14.3. The third kappa shape index (κ3) is 3.55. The number of hydrogen-bond donors (Lipinski definition) is 1. The van der Waals surface area contributed by atoms with Crippen molar-refractivity contribution in [1.29, 1.82) is 0 Å². The number of nitro groups is 1. The summed E-state index contributed by atoms with van der Waals surface area (Å²) in [5.41, 5.74) is 0.187. The van der Waals surface area contributed by atoms with Gasteiger partial charge >= 0.3 is 5.69 Å². The quantitative estimate of drug-likeness (QED) is 0.290. The maximum Gasteiger partial charge on any atom is 0.307 e. The molecule has 1 fully saturated rings. The molecule has 3 aromatic rings. The second-order valence-corrected chi connectivity index (χ2v) is 6.30. The Bertz CT molecular complexity index is 1080. The Morgan fingerprint density at radius 3 is 2.86 bits per heavy atom. The summed E-state index contributed by atoms with van der Waals surface area (Å²) >= 11 is 5.21. The molecule has 0 atom stereocenters. The number of amides is 1. The second-order valence-electron chi connectivity index (χ2n) is 5.92. The highest BCUT2D eigenvalue weighted by Crippen LogP contribution is 2.19. The van der Waals surface area contributed by atoms with E-state index in [2.05, 4.69) is 10.4 Å².